The maximum atomic E-state index is 12.9. The second-order valence-electron chi connectivity index (χ2n) is 7.07. The molecule has 1 aromatic rings. The molecule has 0 unspecified atom stereocenters. The molecule has 5 nitrogen and oxygen atoms in total. The molecule has 0 saturated heterocycles. The van der Waals surface area contributed by atoms with E-state index in [1.54, 1.807) is 6.20 Å². The highest BCUT2D eigenvalue weighted by Crippen LogP contribution is 2.36. The van der Waals surface area contributed by atoms with E-state index < -0.39 is 0 Å². The van der Waals surface area contributed by atoms with E-state index in [9.17, 15) is 4.79 Å². The normalized spacial score (nSPS) is 15.7. The lowest BCUT2D eigenvalue weighted by Crippen LogP contribution is -2.29. The lowest BCUT2D eigenvalue weighted by atomic mass is 9.97. The number of pyridine rings is 1. The number of carbonyl (C=O) groups excluding carboxylic acids is 1. The van der Waals surface area contributed by atoms with Gasteiger partial charge in [0.05, 0.1) is 0 Å². The van der Waals surface area contributed by atoms with E-state index in [0.717, 1.165) is 29.6 Å². The number of carbonyl (C=O) groups is 1. The van der Waals surface area contributed by atoms with Crippen LogP contribution in [0.3, 0.4) is 0 Å². The molecule has 1 fully saturated rings. The number of anilines is 1. The van der Waals surface area contributed by atoms with Gasteiger partial charge in [0, 0.05) is 22.9 Å². The lowest BCUT2D eigenvalue weighted by molar-refractivity contribution is -0.112. The number of hydrogen-bond acceptors (Lipinski definition) is 4. The molecule has 0 atom stereocenters. The summed E-state index contributed by atoms with van der Waals surface area (Å²) in [6.45, 7) is 13.7. The molecule has 0 aromatic carbocycles. The third kappa shape index (κ3) is 4.78. The summed E-state index contributed by atoms with van der Waals surface area (Å²) in [5.74, 6) is 1.08. The number of hydrogen-bond donors (Lipinski definition) is 2. The first-order valence-corrected chi connectivity index (χ1v) is 8.69. The maximum Gasteiger partial charge on any atom is 0.257 e. The number of aryl methyl sites for hydroxylation is 1. The molecule has 0 aliphatic heterocycles. The fourth-order valence-electron chi connectivity index (χ4n) is 2.72. The van der Waals surface area contributed by atoms with Gasteiger partial charge in [-0.1, -0.05) is 12.5 Å². The van der Waals surface area contributed by atoms with Crippen molar-refractivity contribution in [2.75, 3.05) is 5.32 Å². The van der Waals surface area contributed by atoms with Crippen molar-refractivity contribution in [3.8, 4) is 0 Å². The summed E-state index contributed by atoms with van der Waals surface area (Å²) in [7, 11) is 0. The summed E-state index contributed by atoms with van der Waals surface area (Å²) in [4.78, 5) is 21.3. The van der Waals surface area contributed by atoms with Crippen molar-refractivity contribution >= 4 is 18.4 Å². The Bertz CT molecular complexity index is 738. The minimum Gasteiger partial charge on any atom is -0.365 e. The Morgan fingerprint density at radius 3 is 2.56 bits per heavy atom. The Morgan fingerprint density at radius 1 is 1.40 bits per heavy atom. The van der Waals surface area contributed by atoms with Crippen molar-refractivity contribution in [1.82, 2.24) is 10.3 Å². The molecular weight excluding hydrogens is 312 g/mol. The molecule has 1 heterocycles. The first kappa shape index (κ1) is 18.9. The van der Waals surface area contributed by atoms with Crippen LogP contribution in [0.1, 0.15) is 52.5 Å². The first-order chi connectivity index (χ1) is 11.8. The van der Waals surface area contributed by atoms with Crippen molar-refractivity contribution in [2.24, 2.45) is 4.99 Å². The van der Waals surface area contributed by atoms with E-state index in [1.165, 1.54) is 0 Å². The number of allylic oxidation sites excluding steroid dienone is 1. The molecule has 2 N–H and O–H groups in total. The second-order valence-corrected chi connectivity index (χ2v) is 7.07. The van der Waals surface area contributed by atoms with E-state index >= 15 is 0 Å². The van der Waals surface area contributed by atoms with Gasteiger partial charge in [0.1, 0.15) is 11.6 Å². The van der Waals surface area contributed by atoms with Gasteiger partial charge >= 0.3 is 0 Å². The summed E-state index contributed by atoms with van der Waals surface area (Å²) in [6.07, 6.45) is 4.59. The highest BCUT2D eigenvalue weighted by Gasteiger charge is 2.38. The molecule has 0 radical (unpaired) electrons. The van der Waals surface area contributed by atoms with Crippen LogP contribution < -0.4 is 10.6 Å². The van der Waals surface area contributed by atoms with Crippen LogP contribution in [0.25, 0.3) is 0 Å². The molecule has 1 aliphatic rings. The Balaban J connectivity index is 2.36. The van der Waals surface area contributed by atoms with Gasteiger partial charge in [-0.25, -0.2) is 9.98 Å². The van der Waals surface area contributed by atoms with Gasteiger partial charge in [-0.15, -0.1) is 0 Å². The fourth-order valence-corrected chi connectivity index (χ4v) is 2.72. The maximum absolute atomic E-state index is 12.9. The first-order valence-electron chi connectivity index (χ1n) is 8.69. The average molecular weight is 340 g/mol. The predicted octanol–water partition coefficient (Wildman–Crippen LogP) is 4.13. The third-order valence-electron chi connectivity index (χ3n) is 4.40. The third-order valence-corrected chi connectivity index (χ3v) is 4.40. The van der Waals surface area contributed by atoms with Crippen LogP contribution in [0.5, 0.6) is 0 Å². The standard InChI is InChI=1S/C20H28N4O/c1-7-15(18(21-6)24-20(5)9-10-20)17(13(2)3)19(25)23-16-12-14(4)8-11-22-16/h8,11-12,24H,6-7,9-10H2,1-5H3,(H,22,23,25)/b18-15-. The summed E-state index contributed by atoms with van der Waals surface area (Å²) >= 11 is 0. The Labute approximate surface area is 150 Å². The highest BCUT2D eigenvalue weighted by atomic mass is 16.1. The van der Waals surface area contributed by atoms with Gasteiger partial charge in [-0.05, 0) is 71.4 Å². The summed E-state index contributed by atoms with van der Waals surface area (Å²) < 4.78 is 0. The molecule has 5 heteroatoms. The van der Waals surface area contributed by atoms with Crippen LogP contribution in [-0.2, 0) is 4.79 Å². The zero-order chi connectivity index (χ0) is 18.6. The number of aromatic nitrogens is 1. The molecule has 0 bridgehead atoms. The largest absolute Gasteiger partial charge is 0.365 e. The Kier molecular flexibility index (Phi) is 5.77. The van der Waals surface area contributed by atoms with E-state index in [0.29, 0.717) is 23.6 Å². The number of rotatable bonds is 7. The molecule has 1 aliphatic carbocycles. The number of amides is 1. The van der Waals surface area contributed by atoms with Gasteiger partial charge in [0.25, 0.3) is 5.91 Å². The van der Waals surface area contributed by atoms with E-state index in [2.05, 4.69) is 34.3 Å². The van der Waals surface area contributed by atoms with Gasteiger partial charge in [0.2, 0.25) is 0 Å². The molecular formula is C20H28N4O. The van der Waals surface area contributed by atoms with Gasteiger partial charge < -0.3 is 10.6 Å². The Morgan fingerprint density at radius 2 is 2.08 bits per heavy atom. The molecule has 25 heavy (non-hydrogen) atoms. The van der Waals surface area contributed by atoms with Crippen molar-refractivity contribution in [2.45, 2.75) is 59.4 Å². The monoisotopic (exact) mass is 340 g/mol. The van der Waals surface area contributed by atoms with Crippen LogP contribution in [0, 0.1) is 6.92 Å². The minimum absolute atomic E-state index is 0.0677. The van der Waals surface area contributed by atoms with Crippen molar-refractivity contribution < 1.29 is 4.79 Å². The predicted molar refractivity (Wildman–Crippen MR) is 104 cm³/mol. The number of nitrogens with one attached hydrogen (secondary N) is 2. The van der Waals surface area contributed by atoms with Crippen LogP contribution in [0.2, 0.25) is 0 Å². The van der Waals surface area contributed by atoms with Crippen molar-refractivity contribution in [3.63, 3.8) is 0 Å². The molecule has 1 aromatic heterocycles. The molecule has 0 spiro atoms. The minimum atomic E-state index is -0.168. The SMILES string of the molecule is C=N/C(NC1(C)CC1)=C(\CC)C(C(=O)Nc1cc(C)ccn1)=C(C)C. The van der Waals surface area contributed by atoms with Gasteiger partial charge in [0.15, 0.2) is 0 Å². The zero-order valence-corrected chi connectivity index (χ0v) is 15.9. The molecule has 134 valence electrons. The lowest BCUT2D eigenvalue weighted by Gasteiger charge is -2.20. The average Bonchev–Trinajstić information content (AvgIpc) is 3.27. The topological polar surface area (TPSA) is 66.4 Å². The van der Waals surface area contributed by atoms with E-state index in [-0.39, 0.29) is 11.4 Å². The summed E-state index contributed by atoms with van der Waals surface area (Å²) in [6, 6.07) is 3.75. The summed E-state index contributed by atoms with van der Waals surface area (Å²) in [5, 5.41) is 6.36. The van der Waals surface area contributed by atoms with Crippen molar-refractivity contribution in [1.29, 1.82) is 0 Å². The molecule has 1 saturated carbocycles. The molecule has 2 rings (SSSR count). The van der Waals surface area contributed by atoms with E-state index in [4.69, 9.17) is 0 Å². The van der Waals surface area contributed by atoms with Crippen LogP contribution in [0.4, 0.5) is 5.82 Å². The summed E-state index contributed by atoms with van der Waals surface area (Å²) in [5.41, 5.74) is 3.58. The second kappa shape index (κ2) is 7.64. The van der Waals surface area contributed by atoms with Crippen LogP contribution in [-0.4, -0.2) is 23.1 Å². The van der Waals surface area contributed by atoms with Crippen LogP contribution >= 0.6 is 0 Å². The number of nitrogens with zero attached hydrogens (tertiary/aromatic N) is 2. The highest BCUT2D eigenvalue weighted by molar-refractivity contribution is 6.07. The smallest absolute Gasteiger partial charge is 0.257 e. The fraction of sp³-hybridized carbons (Fsp3) is 0.450. The van der Waals surface area contributed by atoms with Crippen molar-refractivity contribution in [3.05, 3.63) is 46.4 Å². The van der Waals surface area contributed by atoms with E-state index in [1.807, 2.05) is 39.8 Å². The number of aliphatic imine (C=N–C) groups is 1. The Hall–Kier alpha value is -2.43. The van der Waals surface area contributed by atoms with Crippen LogP contribution in [0.15, 0.2) is 45.9 Å². The van der Waals surface area contributed by atoms with Gasteiger partial charge in [-0.2, -0.15) is 0 Å². The quantitative estimate of drug-likeness (QED) is 0.445. The molecule has 1 amide bonds. The zero-order valence-electron chi connectivity index (χ0n) is 15.9. The van der Waals surface area contributed by atoms with Gasteiger partial charge in [-0.3, -0.25) is 4.79 Å².